The standard InChI is InChI=1S/C16H24NO.BF4/c1-12-14-9-13(16(14,2)3)10-15(12)18-11-17-7-5-4-6-8-17;2-1(3,4)5/h4-8,12-15H,9-11H2,1-3H3;/q+1;-1. The van der Waals surface area contributed by atoms with E-state index in [0.717, 1.165) is 11.8 Å². The summed E-state index contributed by atoms with van der Waals surface area (Å²) in [6, 6.07) is 6.14. The summed E-state index contributed by atoms with van der Waals surface area (Å²) in [5.74, 6) is 2.45. The Kier molecular flexibility index (Phi) is 5.39. The van der Waals surface area contributed by atoms with E-state index < -0.39 is 7.25 Å². The van der Waals surface area contributed by atoms with Crippen molar-refractivity contribution in [1.82, 2.24) is 0 Å². The van der Waals surface area contributed by atoms with E-state index >= 15 is 0 Å². The number of hydrogen-bond acceptors (Lipinski definition) is 1. The first-order chi connectivity index (χ1) is 10.6. The Morgan fingerprint density at radius 3 is 2.13 bits per heavy atom. The molecule has 4 unspecified atom stereocenters. The zero-order valence-corrected chi connectivity index (χ0v) is 13.8. The number of aromatic nitrogens is 1. The topological polar surface area (TPSA) is 13.1 Å². The first-order valence-corrected chi connectivity index (χ1v) is 8.02. The minimum atomic E-state index is -6.00. The van der Waals surface area contributed by atoms with Crippen LogP contribution in [0.5, 0.6) is 0 Å². The maximum atomic E-state index is 9.75. The molecule has 23 heavy (non-hydrogen) atoms. The highest BCUT2D eigenvalue weighted by atomic mass is 19.5. The Bertz CT molecular complexity index is 503. The van der Waals surface area contributed by atoms with E-state index in [1.807, 2.05) is 18.2 Å². The van der Waals surface area contributed by atoms with Gasteiger partial charge in [-0.05, 0) is 36.0 Å². The molecule has 3 saturated carbocycles. The highest BCUT2D eigenvalue weighted by Gasteiger charge is 2.56. The van der Waals surface area contributed by atoms with Crippen LogP contribution < -0.4 is 4.57 Å². The molecular weight excluding hydrogens is 309 g/mol. The molecule has 1 aromatic rings. The molecule has 4 atom stereocenters. The van der Waals surface area contributed by atoms with Gasteiger partial charge in [0.2, 0.25) is 0 Å². The second-order valence-electron chi connectivity index (χ2n) is 7.17. The van der Waals surface area contributed by atoms with E-state index in [4.69, 9.17) is 4.74 Å². The van der Waals surface area contributed by atoms with Crippen LogP contribution in [0, 0.1) is 23.2 Å². The molecule has 0 amide bonds. The number of ether oxygens (including phenoxy) is 1. The van der Waals surface area contributed by atoms with Crippen LogP contribution in [-0.2, 0) is 11.5 Å². The third kappa shape index (κ3) is 4.69. The Morgan fingerprint density at radius 1 is 1.09 bits per heavy atom. The molecule has 2 bridgehead atoms. The fraction of sp³-hybridized carbons (Fsp3) is 0.688. The Morgan fingerprint density at radius 2 is 1.65 bits per heavy atom. The monoisotopic (exact) mass is 333 g/mol. The summed E-state index contributed by atoms with van der Waals surface area (Å²) in [4.78, 5) is 0. The SMILES string of the molecule is CC1C(OC[n+]2ccccc2)CC2CC1C2(C)C.F[B-](F)(F)F. The van der Waals surface area contributed by atoms with Gasteiger partial charge in [0, 0.05) is 12.1 Å². The molecule has 1 aromatic heterocycles. The minimum absolute atomic E-state index is 0.453. The fourth-order valence-corrected chi connectivity index (χ4v) is 4.02. The van der Waals surface area contributed by atoms with Crippen molar-refractivity contribution in [3.05, 3.63) is 30.6 Å². The molecule has 3 aliphatic carbocycles. The lowest BCUT2D eigenvalue weighted by Gasteiger charge is -2.61. The van der Waals surface area contributed by atoms with Crippen molar-refractivity contribution in [2.45, 2.75) is 46.4 Å². The van der Waals surface area contributed by atoms with E-state index in [9.17, 15) is 17.3 Å². The molecule has 0 saturated heterocycles. The van der Waals surface area contributed by atoms with Crippen LogP contribution in [0.1, 0.15) is 33.6 Å². The number of pyridine rings is 1. The normalized spacial score (nSPS) is 31.6. The number of halogens is 4. The van der Waals surface area contributed by atoms with E-state index in [1.165, 1.54) is 12.8 Å². The summed E-state index contributed by atoms with van der Waals surface area (Å²) < 4.78 is 47.2. The molecule has 7 heteroatoms. The predicted molar refractivity (Wildman–Crippen MR) is 80.9 cm³/mol. The van der Waals surface area contributed by atoms with Crippen molar-refractivity contribution >= 4 is 7.25 Å². The molecule has 1 heterocycles. The third-order valence-electron chi connectivity index (χ3n) is 5.50. The Balaban J connectivity index is 0.000000338. The van der Waals surface area contributed by atoms with Crippen LogP contribution in [0.2, 0.25) is 0 Å². The fourth-order valence-electron chi connectivity index (χ4n) is 4.02. The van der Waals surface area contributed by atoms with Crippen LogP contribution in [0.25, 0.3) is 0 Å². The molecule has 0 spiro atoms. The lowest BCUT2D eigenvalue weighted by atomic mass is 9.45. The smallest absolute Gasteiger partial charge is 0.418 e. The predicted octanol–water partition coefficient (Wildman–Crippen LogP) is 4.32. The van der Waals surface area contributed by atoms with Gasteiger partial charge < -0.3 is 22.0 Å². The lowest BCUT2D eigenvalue weighted by Crippen LogP contribution is -2.57. The number of rotatable bonds is 3. The lowest BCUT2D eigenvalue weighted by molar-refractivity contribution is -0.735. The maximum absolute atomic E-state index is 9.75. The quantitative estimate of drug-likeness (QED) is 0.456. The average molecular weight is 333 g/mol. The van der Waals surface area contributed by atoms with Gasteiger partial charge >= 0.3 is 7.25 Å². The zero-order valence-electron chi connectivity index (χ0n) is 13.8. The summed E-state index contributed by atoms with van der Waals surface area (Å²) in [5, 5.41) is 0. The summed E-state index contributed by atoms with van der Waals surface area (Å²) >= 11 is 0. The molecule has 0 radical (unpaired) electrons. The van der Waals surface area contributed by atoms with Crippen molar-refractivity contribution in [3.63, 3.8) is 0 Å². The first-order valence-electron chi connectivity index (χ1n) is 8.02. The molecule has 3 fully saturated rings. The van der Waals surface area contributed by atoms with Gasteiger partial charge in [0.25, 0.3) is 6.73 Å². The van der Waals surface area contributed by atoms with Gasteiger partial charge in [-0.3, -0.25) is 0 Å². The Hall–Kier alpha value is -1.11. The van der Waals surface area contributed by atoms with Crippen LogP contribution in [-0.4, -0.2) is 13.4 Å². The molecule has 130 valence electrons. The van der Waals surface area contributed by atoms with Crippen molar-refractivity contribution in [1.29, 1.82) is 0 Å². The van der Waals surface area contributed by atoms with Crippen molar-refractivity contribution in [2.75, 3.05) is 0 Å². The third-order valence-corrected chi connectivity index (χ3v) is 5.50. The average Bonchev–Trinajstić information content (AvgIpc) is 2.45. The highest BCUT2D eigenvalue weighted by molar-refractivity contribution is 6.50. The highest BCUT2D eigenvalue weighted by Crippen LogP contribution is 2.61. The van der Waals surface area contributed by atoms with Gasteiger partial charge in [-0.25, -0.2) is 0 Å². The van der Waals surface area contributed by atoms with Gasteiger partial charge in [0.05, 0.1) is 6.10 Å². The molecule has 0 aliphatic heterocycles. The molecule has 2 nitrogen and oxygen atoms in total. The summed E-state index contributed by atoms with van der Waals surface area (Å²) in [6.07, 6.45) is 7.26. The van der Waals surface area contributed by atoms with Gasteiger partial charge in [0.15, 0.2) is 12.4 Å². The largest absolute Gasteiger partial charge is 0.673 e. The number of hydrogen-bond donors (Lipinski definition) is 0. The maximum Gasteiger partial charge on any atom is 0.673 e. The van der Waals surface area contributed by atoms with E-state index in [1.54, 1.807) is 0 Å². The number of fused-ring (bicyclic) bond motifs is 2. The van der Waals surface area contributed by atoms with E-state index in [2.05, 4.69) is 37.7 Å². The summed E-state index contributed by atoms with van der Waals surface area (Å²) in [7, 11) is -6.00. The summed E-state index contributed by atoms with van der Waals surface area (Å²) in [6.45, 7) is 7.94. The number of nitrogens with zero attached hydrogens (tertiary/aromatic N) is 1. The van der Waals surface area contributed by atoms with Crippen LogP contribution in [0.3, 0.4) is 0 Å². The van der Waals surface area contributed by atoms with Crippen LogP contribution in [0.4, 0.5) is 17.3 Å². The first kappa shape index (κ1) is 18.2. The molecule has 4 rings (SSSR count). The van der Waals surface area contributed by atoms with Crippen molar-refractivity contribution < 1.29 is 26.6 Å². The molecular formula is C16H24BF4NO. The van der Waals surface area contributed by atoms with Crippen LogP contribution >= 0.6 is 0 Å². The van der Waals surface area contributed by atoms with Crippen LogP contribution in [0.15, 0.2) is 30.6 Å². The van der Waals surface area contributed by atoms with Gasteiger partial charge in [0.1, 0.15) is 0 Å². The van der Waals surface area contributed by atoms with E-state index in [0.29, 0.717) is 24.2 Å². The zero-order chi connectivity index (χ0) is 17.3. The van der Waals surface area contributed by atoms with E-state index in [-0.39, 0.29) is 0 Å². The second-order valence-corrected chi connectivity index (χ2v) is 7.17. The summed E-state index contributed by atoms with van der Waals surface area (Å²) in [5.41, 5.74) is 0.555. The van der Waals surface area contributed by atoms with Gasteiger partial charge in [-0.2, -0.15) is 4.57 Å². The van der Waals surface area contributed by atoms with Gasteiger partial charge in [-0.1, -0.05) is 26.8 Å². The Labute approximate surface area is 135 Å². The van der Waals surface area contributed by atoms with Crippen molar-refractivity contribution in [2.24, 2.45) is 23.2 Å². The molecule has 0 aromatic carbocycles. The molecule has 0 N–H and O–H groups in total. The molecule has 3 aliphatic rings. The van der Waals surface area contributed by atoms with Gasteiger partial charge in [-0.15, -0.1) is 0 Å². The van der Waals surface area contributed by atoms with Crippen molar-refractivity contribution in [3.8, 4) is 0 Å². The second kappa shape index (κ2) is 6.79. The minimum Gasteiger partial charge on any atom is -0.418 e.